The lowest BCUT2D eigenvalue weighted by Gasteiger charge is -2.14. The van der Waals surface area contributed by atoms with Gasteiger partial charge in [-0.1, -0.05) is 19.0 Å². The van der Waals surface area contributed by atoms with E-state index >= 15 is 0 Å². The molecule has 1 saturated heterocycles. The molecule has 1 aliphatic rings. The summed E-state index contributed by atoms with van der Waals surface area (Å²) in [6.07, 6.45) is 0.440. The van der Waals surface area contributed by atoms with Crippen LogP contribution in [0.5, 0.6) is 0 Å². The molecule has 2 atom stereocenters. The molecule has 0 bridgehead atoms. The number of nitrogens with zero attached hydrogens (tertiary/aromatic N) is 2. The van der Waals surface area contributed by atoms with Gasteiger partial charge in [0.25, 0.3) is 0 Å². The first-order valence-corrected chi connectivity index (χ1v) is 8.52. The zero-order chi connectivity index (χ0) is 14.8. The van der Waals surface area contributed by atoms with Gasteiger partial charge in [0, 0.05) is 13.2 Å². The van der Waals surface area contributed by atoms with Crippen molar-refractivity contribution in [1.29, 1.82) is 0 Å². The quantitative estimate of drug-likeness (QED) is 0.826. The largest absolute Gasteiger partial charge is 0.373 e. The Labute approximate surface area is 119 Å². The van der Waals surface area contributed by atoms with Gasteiger partial charge in [0.1, 0.15) is 6.10 Å². The molecule has 114 valence electrons. The molecule has 0 radical (unpaired) electrons. The second kappa shape index (κ2) is 6.19. The smallest absolute Gasteiger partial charge is 0.240 e. The lowest BCUT2D eigenvalue weighted by molar-refractivity contribution is 0.0555. The summed E-state index contributed by atoms with van der Waals surface area (Å²) < 4.78 is 33.2. The minimum Gasteiger partial charge on any atom is -0.373 e. The Kier molecular flexibility index (Phi) is 4.77. The Hall–Kier alpha value is -0.990. The molecule has 0 aromatic carbocycles. The number of methoxy groups -OCH3 is 1. The van der Waals surface area contributed by atoms with Crippen molar-refractivity contribution in [2.45, 2.75) is 39.0 Å². The number of hydrogen-bond acceptors (Lipinski definition) is 7. The van der Waals surface area contributed by atoms with Crippen molar-refractivity contribution in [2.24, 2.45) is 5.92 Å². The molecule has 2 unspecified atom stereocenters. The number of sulfone groups is 1. The number of nitrogens with one attached hydrogen (secondary N) is 1. The summed E-state index contributed by atoms with van der Waals surface area (Å²) in [4.78, 5) is 4.29. The maximum atomic E-state index is 11.4. The summed E-state index contributed by atoms with van der Waals surface area (Å²) in [5.41, 5.74) is 0. The average molecular weight is 303 g/mol. The van der Waals surface area contributed by atoms with Crippen LogP contribution in [0.1, 0.15) is 38.1 Å². The second-order valence-electron chi connectivity index (χ2n) is 5.43. The van der Waals surface area contributed by atoms with Crippen molar-refractivity contribution >= 4 is 9.84 Å². The summed E-state index contributed by atoms with van der Waals surface area (Å²) in [5, 5.41) is 7.05. The molecule has 20 heavy (non-hydrogen) atoms. The third kappa shape index (κ3) is 3.77. The van der Waals surface area contributed by atoms with E-state index in [4.69, 9.17) is 9.26 Å². The highest BCUT2D eigenvalue weighted by Gasteiger charge is 2.28. The molecule has 0 spiro atoms. The molecular weight excluding hydrogens is 282 g/mol. The number of aromatic nitrogens is 2. The van der Waals surface area contributed by atoms with Crippen LogP contribution in [0.15, 0.2) is 4.52 Å². The SMILES string of the molecule is COC(c1noc(CNC2CCS(=O)(=O)C2)n1)C(C)C. The highest BCUT2D eigenvalue weighted by Crippen LogP contribution is 2.22. The minimum atomic E-state index is -2.87. The molecule has 1 fully saturated rings. The third-order valence-electron chi connectivity index (χ3n) is 3.37. The highest BCUT2D eigenvalue weighted by atomic mass is 32.2. The van der Waals surface area contributed by atoms with E-state index in [-0.39, 0.29) is 29.6 Å². The van der Waals surface area contributed by atoms with Crippen LogP contribution >= 0.6 is 0 Å². The van der Waals surface area contributed by atoms with Crippen molar-refractivity contribution in [1.82, 2.24) is 15.5 Å². The zero-order valence-corrected chi connectivity index (χ0v) is 12.8. The van der Waals surface area contributed by atoms with Crippen LogP contribution < -0.4 is 5.32 Å². The van der Waals surface area contributed by atoms with Gasteiger partial charge in [0.2, 0.25) is 11.7 Å². The predicted octanol–water partition coefficient (Wildman–Crippen LogP) is 0.690. The fourth-order valence-corrected chi connectivity index (χ4v) is 4.03. The maximum Gasteiger partial charge on any atom is 0.240 e. The highest BCUT2D eigenvalue weighted by molar-refractivity contribution is 7.91. The van der Waals surface area contributed by atoms with Crippen LogP contribution in [0.4, 0.5) is 0 Å². The van der Waals surface area contributed by atoms with Crippen LogP contribution in [0.2, 0.25) is 0 Å². The first kappa shape index (κ1) is 15.4. The minimum absolute atomic E-state index is 0.0290. The molecule has 1 aliphatic heterocycles. The molecule has 1 aromatic rings. The van der Waals surface area contributed by atoms with E-state index in [1.165, 1.54) is 0 Å². The molecule has 2 rings (SSSR count). The Morgan fingerprint density at radius 3 is 2.80 bits per heavy atom. The monoisotopic (exact) mass is 303 g/mol. The lowest BCUT2D eigenvalue weighted by atomic mass is 10.1. The Morgan fingerprint density at radius 2 is 2.25 bits per heavy atom. The van der Waals surface area contributed by atoms with E-state index in [0.29, 0.717) is 24.7 Å². The lowest BCUT2D eigenvalue weighted by Crippen LogP contribution is -2.29. The maximum absolute atomic E-state index is 11.4. The van der Waals surface area contributed by atoms with E-state index in [1.807, 2.05) is 13.8 Å². The van der Waals surface area contributed by atoms with Gasteiger partial charge in [-0.3, -0.25) is 0 Å². The van der Waals surface area contributed by atoms with Gasteiger partial charge in [0.05, 0.1) is 18.1 Å². The summed E-state index contributed by atoms with van der Waals surface area (Å²) in [5.74, 6) is 1.66. The summed E-state index contributed by atoms with van der Waals surface area (Å²) >= 11 is 0. The summed E-state index contributed by atoms with van der Waals surface area (Å²) in [6, 6.07) is -0.0290. The summed E-state index contributed by atoms with van der Waals surface area (Å²) in [6.45, 7) is 4.42. The van der Waals surface area contributed by atoms with E-state index < -0.39 is 9.84 Å². The summed E-state index contributed by atoms with van der Waals surface area (Å²) in [7, 11) is -1.26. The number of hydrogen-bond donors (Lipinski definition) is 1. The number of rotatable bonds is 6. The molecule has 1 N–H and O–H groups in total. The topological polar surface area (TPSA) is 94.3 Å². The van der Waals surface area contributed by atoms with Gasteiger partial charge >= 0.3 is 0 Å². The van der Waals surface area contributed by atoms with Gasteiger partial charge in [-0.2, -0.15) is 4.98 Å². The Balaban J connectivity index is 1.90. The van der Waals surface area contributed by atoms with E-state index in [0.717, 1.165) is 0 Å². The first-order chi connectivity index (χ1) is 9.41. The van der Waals surface area contributed by atoms with Crippen LogP contribution in [0, 0.1) is 5.92 Å². The van der Waals surface area contributed by atoms with Crippen molar-refractivity contribution in [3.05, 3.63) is 11.7 Å². The molecule has 0 saturated carbocycles. The van der Waals surface area contributed by atoms with E-state index in [2.05, 4.69) is 15.5 Å². The molecule has 2 heterocycles. The zero-order valence-electron chi connectivity index (χ0n) is 12.0. The fourth-order valence-electron chi connectivity index (χ4n) is 2.32. The predicted molar refractivity (Wildman–Crippen MR) is 72.8 cm³/mol. The van der Waals surface area contributed by atoms with Crippen molar-refractivity contribution in [2.75, 3.05) is 18.6 Å². The van der Waals surface area contributed by atoms with Crippen LogP contribution in [-0.2, 0) is 21.1 Å². The van der Waals surface area contributed by atoms with Gasteiger partial charge in [-0.15, -0.1) is 0 Å². The van der Waals surface area contributed by atoms with Crippen LogP contribution in [-0.4, -0.2) is 43.2 Å². The molecule has 0 aliphatic carbocycles. The third-order valence-corrected chi connectivity index (χ3v) is 5.14. The fraction of sp³-hybridized carbons (Fsp3) is 0.833. The number of ether oxygens (including phenoxy) is 1. The van der Waals surface area contributed by atoms with E-state index in [1.54, 1.807) is 7.11 Å². The first-order valence-electron chi connectivity index (χ1n) is 6.70. The molecule has 1 aromatic heterocycles. The van der Waals surface area contributed by atoms with Gasteiger partial charge < -0.3 is 14.6 Å². The molecule has 8 heteroatoms. The normalized spacial score (nSPS) is 23.3. The van der Waals surface area contributed by atoms with Crippen LogP contribution in [0.25, 0.3) is 0 Å². The standard InChI is InChI=1S/C12H21N3O4S/c1-8(2)11(18-3)12-14-10(19-15-12)6-13-9-4-5-20(16,17)7-9/h8-9,11,13H,4-7H2,1-3H3. The van der Waals surface area contributed by atoms with Crippen LogP contribution in [0.3, 0.4) is 0 Å². The Bertz CT molecular complexity index is 541. The molecular formula is C12H21N3O4S. The second-order valence-corrected chi connectivity index (χ2v) is 7.66. The van der Waals surface area contributed by atoms with Gasteiger partial charge in [-0.25, -0.2) is 8.42 Å². The van der Waals surface area contributed by atoms with Crippen molar-refractivity contribution < 1.29 is 17.7 Å². The van der Waals surface area contributed by atoms with Gasteiger partial charge in [0.15, 0.2) is 9.84 Å². The van der Waals surface area contributed by atoms with E-state index in [9.17, 15) is 8.42 Å². The average Bonchev–Trinajstić information content (AvgIpc) is 2.94. The van der Waals surface area contributed by atoms with Gasteiger partial charge in [-0.05, 0) is 12.3 Å². The molecule has 7 nitrogen and oxygen atoms in total. The Morgan fingerprint density at radius 1 is 1.50 bits per heavy atom. The van der Waals surface area contributed by atoms with Crippen molar-refractivity contribution in [3.8, 4) is 0 Å². The van der Waals surface area contributed by atoms with Crippen molar-refractivity contribution in [3.63, 3.8) is 0 Å². The molecule has 0 amide bonds.